The van der Waals surface area contributed by atoms with Gasteiger partial charge in [-0.3, -0.25) is 0 Å². The van der Waals surface area contributed by atoms with Crippen molar-refractivity contribution < 1.29 is 14.3 Å². The summed E-state index contributed by atoms with van der Waals surface area (Å²) >= 11 is 0. The van der Waals surface area contributed by atoms with Gasteiger partial charge < -0.3 is 5.11 Å². The first-order valence-electron chi connectivity index (χ1n) is 4.71. The average Bonchev–Trinajstić information content (AvgIpc) is 2.15. The molecule has 0 atom stereocenters. The summed E-state index contributed by atoms with van der Waals surface area (Å²) in [5.74, 6) is -1.32. The number of carboxylic acid groups (broad SMARTS) is 1. The van der Waals surface area contributed by atoms with Crippen molar-refractivity contribution in [2.45, 2.75) is 13.8 Å². The normalized spacial score (nSPS) is 11.9. The maximum atomic E-state index is 12.6. The molecule has 0 aromatic heterocycles. The monoisotopic (exact) mass is 208 g/mol. The molecule has 2 nitrogen and oxygen atoms in total. The Morgan fingerprint density at radius 3 is 2.27 bits per heavy atom. The van der Waals surface area contributed by atoms with Gasteiger partial charge in [0, 0.05) is 5.57 Å². The van der Waals surface area contributed by atoms with Crippen LogP contribution in [0.1, 0.15) is 19.4 Å². The van der Waals surface area contributed by atoms with Crippen molar-refractivity contribution in [3.8, 4) is 0 Å². The minimum absolute atomic E-state index is 0.0625. The van der Waals surface area contributed by atoms with E-state index in [1.54, 1.807) is 18.2 Å². The van der Waals surface area contributed by atoms with Crippen molar-refractivity contribution in [3.05, 3.63) is 41.2 Å². The molecule has 0 unspecified atom stereocenters. The van der Waals surface area contributed by atoms with Crippen LogP contribution in [0.5, 0.6) is 0 Å². The second kappa shape index (κ2) is 4.73. The number of hydrogen-bond donors (Lipinski definition) is 1. The van der Waals surface area contributed by atoms with Crippen LogP contribution in [0, 0.1) is 11.7 Å². The molecule has 0 aliphatic carbocycles. The second-order valence-corrected chi connectivity index (χ2v) is 3.61. The van der Waals surface area contributed by atoms with Crippen LogP contribution in [0.4, 0.5) is 4.39 Å². The largest absolute Gasteiger partial charge is 0.478 e. The third-order valence-electron chi connectivity index (χ3n) is 2.06. The van der Waals surface area contributed by atoms with Crippen LogP contribution in [0.3, 0.4) is 0 Å². The van der Waals surface area contributed by atoms with E-state index >= 15 is 0 Å². The summed E-state index contributed by atoms with van der Waals surface area (Å²) in [5, 5.41) is 8.92. The van der Waals surface area contributed by atoms with Gasteiger partial charge in [0.2, 0.25) is 0 Å². The fourth-order valence-corrected chi connectivity index (χ4v) is 1.21. The SMILES string of the molecule is CC(C)C(=Cc1ccc(F)cc1)C(=O)O. The van der Waals surface area contributed by atoms with Gasteiger partial charge in [-0.25, -0.2) is 9.18 Å². The van der Waals surface area contributed by atoms with Crippen LogP contribution in [0.15, 0.2) is 29.8 Å². The predicted molar refractivity (Wildman–Crippen MR) is 56.9 cm³/mol. The molecule has 0 aliphatic rings. The third kappa shape index (κ3) is 3.20. The highest BCUT2D eigenvalue weighted by Gasteiger charge is 2.11. The van der Waals surface area contributed by atoms with Crippen molar-refractivity contribution >= 4 is 12.0 Å². The van der Waals surface area contributed by atoms with Gasteiger partial charge in [0.15, 0.2) is 0 Å². The number of carbonyl (C=O) groups is 1. The van der Waals surface area contributed by atoms with Gasteiger partial charge in [-0.15, -0.1) is 0 Å². The van der Waals surface area contributed by atoms with Crippen molar-refractivity contribution in [2.75, 3.05) is 0 Å². The summed E-state index contributed by atoms with van der Waals surface area (Å²) in [5.41, 5.74) is 1.02. The lowest BCUT2D eigenvalue weighted by atomic mass is 10.0. The van der Waals surface area contributed by atoms with Crippen LogP contribution in [-0.4, -0.2) is 11.1 Å². The molecule has 0 radical (unpaired) electrons. The van der Waals surface area contributed by atoms with E-state index in [2.05, 4.69) is 0 Å². The van der Waals surface area contributed by atoms with Crippen LogP contribution in [-0.2, 0) is 4.79 Å². The van der Waals surface area contributed by atoms with E-state index in [1.807, 2.05) is 13.8 Å². The van der Waals surface area contributed by atoms with Crippen LogP contribution in [0.25, 0.3) is 6.08 Å². The summed E-state index contributed by atoms with van der Waals surface area (Å²) in [6.07, 6.45) is 1.56. The van der Waals surface area contributed by atoms with Crippen molar-refractivity contribution in [2.24, 2.45) is 5.92 Å². The number of rotatable bonds is 3. The van der Waals surface area contributed by atoms with Crippen LogP contribution in [0.2, 0.25) is 0 Å². The van der Waals surface area contributed by atoms with E-state index < -0.39 is 5.97 Å². The number of benzene rings is 1. The van der Waals surface area contributed by atoms with Gasteiger partial charge in [-0.05, 0) is 29.7 Å². The molecule has 0 spiro atoms. The third-order valence-corrected chi connectivity index (χ3v) is 2.06. The second-order valence-electron chi connectivity index (χ2n) is 3.61. The van der Waals surface area contributed by atoms with E-state index in [-0.39, 0.29) is 11.7 Å². The predicted octanol–water partition coefficient (Wildman–Crippen LogP) is 2.95. The molecule has 15 heavy (non-hydrogen) atoms. The van der Waals surface area contributed by atoms with E-state index in [0.29, 0.717) is 11.1 Å². The Morgan fingerprint density at radius 1 is 1.33 bits per heavy atom. The summed E-state index contributed by atoms with van der Waals surface area (Å²) in [6, 6.07) is 5.73. The van der Waals surface area contributed by atoms with Gasteiger partial charge in [0.25, 0.3) is 0 Å². The molecule has 0 amide bonds. The molecule has 0 bridgehead atoms. The van der Waals surface area contributed by atoms with Crippen molar-refractivity contribution in [1.29, 1.82) is 0 Å². The summed E-state index contributed by atoms with van der Waals surface area (Å²) in [4.78, 5) is 10.9. The first kappa shape index (κ1) is 11.4. The molecule has 0 aliphatic heterocycles. The first-order chi connectivity index (χ1) is 7.00. The number of carboxylic acids is 1. The minimum Gasteiger partial charge on any atom is -0.478 e. The summed E-state index contributed by atoms with van der Waals surface area (Å²) < 4.78 is 12.6. The van der Waals surface area contributed by atoms with Crippen molar-refractivity contribution in [3.63, 3.8) is 0 Å². The Balaban J connectivity index is 3.02. The Morgan fingerprint density at radius 2 is 1.87 bits per heavy atom. The van der Waals surface area contributed by atoms with E-state index in [4.69, 9.17) is 5.11 Å². The quantitative estimate of drug-likeness (QED) is 0.775. The van der Waals surface area contributed by atoms with E-state index in [9.17, 15) is 9.18 Å². The Labute approximate surface area is 88.1 Å². The molecular formula is C12H13FO2. The maximum Gasteiger partial charge on any atom is 0.331 e. The standard InChI is InChI=1S/C12H13FO2/c1-8(2)11(12(14)15)7-9-3-5-10(13)6-4-9/h3-8H,1-2H3,(H,14,15). The van der Waals surface area contributed by atoms with Crippen LogP contribution < -0.4 is 0 Å². The zero-order valence-corrected chi connectivity index (χ0v) is 8.70. The van der Waals surface area contributed by atoms with Gasteiger partial charge >= 0.3 is 5.97 Å². The molecule has 0 saturated carbocycles. The Bertz CT molecular complexity index is 377. The molecule has 0 fully saturated rings. The van der Waals surface area contributed by atoms with E-state index in [1.165, 1.54) is 12.1 Å². The number of hydrogen-bond acceptors (Lipinski definition) is 1. The van der Waals surface area contributed by atoms with Gasteiger partial charge in [0.1, 0.15) is 5.82 Å². The van der Waals surface area contributed by atoms with Gasteiger partial charge in [-0.2, -0.15) is 0 Å². The van der Waals surface area contributed by atoms with Gasteiger partial charge in [-0.1, -0.05) is 26.0 Å². The fraction of sp³-hybridized carbons (Fsp3) is 0.250. The lowest BCUT2D eigenvalue weighted by molar-refractivity contribution is -0.133. The Kier molecular flexibility index (Phi) is 3.61. The summed E-state index contributed by atoms with van der Waals surface area (Å²) in [6.45, 7) is 3.62. The zero-order chi connectivity index (χ0) is 11.4. The molecule has 1 aromatic carbocycles. The highest BCUT2D eigenvalue weighted by molar-refractivity contribution is 5.92. The maximum absolute atomic E-state index is 12.6. The number of halogens is 1. The zero-order valence-electron chi connectivity index (χ0n) is 8.70. The Hall–Kier alpha value is -1.64. The molecule has 0 heterocycles. The van der Waals surface area contributed by atoms with Gasteiger partial charge in [0.05, 0.1) is 0 Å². The highest BCUT2D eigenvalue weighted by Crippen LogP contribution is 2.15. The molecule has 0 saturated heterocycles. The minimum atomic E-state index is -0.936. The lowest BCUT2D eigenvalue weighted by Crippen LogP contribution is -2.06. The molecule has 3 heteroatoms. The van der Waals surface area contributed by atoms with Crippen LogP contribution >= 0.6 is 0 Å². The van der Waals surface area contributed by atoms with E-state index in [0.717, 1.165) is 0 Å². The lowest BCUT2D eigenvalue weighted by Gasteiger charge is -2.05. The highest BCUT2D eigenvalue weighted by atomic mass is 19.1. The first-order valence-corrected chi connectivity index (χ1v) is 4.71. The van der Waals surface area contributed by atoms with Crippen molar-refractivity contribution in [1.82, 2.24) is 0 Å². The molecular weight excluding hydrogens is 195 g/mol. The average molecular weight is 208 g/mol. The molecule has 1 N–H and O–H groups in total. The molecule has 80 valence electrons. The molecule has 1 aromatic rings. The number of aliphatic carboxylic acids is 1. The smallest absolute Gasteiger partial charge is 0.331 e. The summed E-state index contributed by atoms with van der Waals surface area (Å²) in [7, 11) is 0. The fourth-order valence-electron chi connectivity index (χ4n) is 1.21. The topological polar surface area (TPSA) is 37.3 Å². The molecule has 1 rings (SSSR count).